The van der Waals surface area contributed by atoms with Crippen molar-refractivity contribution < 1.29 is 19.5 Å². The van der Waals surface area contributed by atoms with E-state index in [4.69, 9.17) is 10.8 Å². The zero-order chi connectivity index (χ0) is 18.0. The Bertz CT molecular complexity index is 409. The Morgan fingerprint density at radius 2 is 1.78 bits per heavy atom. The molecule has 0 fully saturated rings. The first-order valence-corrected chi connectivity index (χ1v) is 9.49. The smallest absolute Gasteiger partial charge is 0.327 e. The van der Waals surface area contributed by atoms with E-state index in [-0.39, 0.29) is 11.7 Å². The van der Waals surface area contributed by atoms with Crippen LogP contribution in [0.5, 0.6) is 0 Å². The van der Waals surface area contributed by atoms with Crippen molar-refractivity contribution in [2.24, 2.45) is 11.7 Å². The highest BCUT2D eigenvalue weighted by atomic mass is 32.2. The quantitative estimate of drug-likeness (QED) is 0.331. The maximum Gasteiger partial charge on any atom is 0.327 e. The maximum atomic E-state index is 12.2. The fourth-order valence-corrected chi connectivity index (χ4v) is 2.46. The van der Waals surface area contributed by atoms with Crippen LogP contribution in [0.4, 0.5) is 0 Å². The van der Waals surface area contributed by atoms with E-state index in [9.17, 15) is 14.4 Å². The third kappa shape index (κ3) is 7.94. The van der Waals surface area contributed by atoms with Crippen LogP contribution in [0.25, 0.3) is 0 Å². The molecule has 0 aliphatic heterocycles. The summed E-state index contributed by atoms with van der Waals surface area (Å²) in [6.45, 7) is 3.79. The standard InChI is InChI=1S/C14H27N3O4S2/c1-4-8(2)11(15)13(19)16-9(5-6-23-3)12(18)17-10(7-22)14(20)21/h8-11,22H,4-7,15H2,1-3H3,(H,16,19)(H,17,18)(H,20,21). The van der Waals surface area contributed by atoms with E-state index >= 15 is 0 Å². The summed E-state index contributed by atoms with van der Waals surface area (Å²) >= 11 is 5.43. The third-order valence-corrected chi connectivity index (χ3v) is 4.61. The van der Waals surface area contributed by atoms with Crippen molar-refractivity contribution in [1.82, 2.24) is 10.6 Å². The van der Waals surface area contributed by atoms with Gasteiger partial charge in [0.1, 0.15) is 12.1 Å². The molecule has 23 heavy (non-hydrogen) atoms. The van der Waals surface area contributed by atoms with Gasteiger partial charge in [-0.25, -0.2) is 4.79 Å². The SMILES string of the molecule is CCC(C)C(N)C(=O)NC(CCSC)C(=O)NC(CS)C(=O)O. The Labute approximate surface area is 146 Å². The minimum atomic E-state index is -1.17. The monoisotopic (exact) mass is 365 g/mol. The lowest BCUT2D eigenvalue weighted by Crippen LogP contribution is -2.55. The first-order chi connectivity index (χ1) is 10.8. The van der Waals surface area contributed by atoms with Gasteiger partial charge in [-0.15, -0.1) is 0 Å². The van der Waals surface area contributed by atoms with Crippen molar-refractivity contribution in [2.75, 3.05) is 17.8 Å². The molecule has 0 saturated heterocycles. The summed E-state index contributed by atoms with van der Waals surface area (Å²) in [4.78, 5) is 35.4. The van der Waals surface area contributed by atoms with Crippen LogP contribution in [0.1, 0.15) is 26.7 Å². The van der Waals surface area contributed by atoms with Gasteiger partial charge in [-0.05, 0) is 24.3 Å². The predicted molar refractivity (Wildman–Crippen MR) is 95.8 cm³/mol. The number of carboxylic acids is 1. The first-order valence-electron chi connectivity index (χ1n) is 7.47. The van der Waals surface area contributed by atoms with Crippen molar-refractivity contribution in [3.8, 4) is 0 Å². The largest absolute Gasteiger partial charge is 0.480 e. The number of thiol groups is 1. The molecule has 5 N–H and O–H groups in total. The van der Waals surface area contributed by atoms with Crippen molar-refractivity contribution in [2.45, 2.75) is 44.8 Å². The van der Waals surface area contributed by atoms with Gasteiger partial charge in [0.15, 0.2) is 0 Å². The molecule has 4 atom stereocenters. The number of carboxylic acid groups (broad SMARTS) is 1. The predicted octanol–water partition coefficient (Wildman–Crippen LogP) is 0.0969. The van der Waals surface area contributed by atoms with Crippen molar-refractivity contribution in [3.63, 3.8) is 0 Å². The molecule has 0 aromatic heterocycles. The Balaban J connectivity index is 4.88. The van der Waals surface area contributed by atoms with E-state index in [1.54, 1.807) is 0 Å². The lowest BCUT2D eigenvalue weighted by atomic mass is 9.99. The van der Waals surface area contributed by atoms with Crippen LogP contribution < -0.4 is 16.4 Å². The second kappa shape index (κ2) is 11.6. The van der Waals surface area contributed by atoms with Gasteiger partial charge in [-0.3, -0.25) is 9.59 Å². The van der Waals surface area contributed by atoms with E-state index in [2.05, 4.69) is 23.3 Å². The minimum absolute atomic E-state index is 0.0107. The molecule has 9 heteroatoms. The molecule has 0 aromatic rings. The number of aliphatic carboxylic acids is 1. The summed E-state index contributed by atoms with van der Waals surface area (Å²) in [5.74, 6) is -1.50. The normalized spacial score (nSPS) is 16.0. The fraction of sp³-hybridized carbons (Fsp3) is 0.786. The molecular weight excluding hydrogens is 338 g/mol. The summed E-state index contributed by atoms with van der Waals surface area (Å²) < 4.78 is 0. The molecule has 0 spiro atoms. The number of rotatable bonds is 11. The minimum Gasteiger partial charge on any atom is -0.480 e. The van der Waals surface area contributed by atoms with Crippen molar-refractivity contribution in [1.29, 1.82) is 0 Å². The van der Waals surface area contributed by atoms with Gasteiger partial charge < -0.3 is 21.5 Å². The summed E-state index contributed by atoms with van der Waals surface area (Å²) in [6.07, 6.45) is 3.03. The number of hydrogen-bond acceptors (Lipinski definition) is 6. The summed E-state index contributed by atoms with van der Waals surface area (Å²) in [5, 5.41) is 14.0. The van der Waals surface area contributed by atoms with Crippen LogP contribution in [-0.4, -0.2) is 58.8 Å². The van der Waals surface area contributed by atoms with Gasteiger partial charge in [-0.1, -0.05) is 20.3 Å². The van der Waals surface area contributed by atoms with Crippen LogP contribution in [0.15, 0.2) is 0 Å². The summed E-state index contributed by atoms with van der Waals surface area (Å²) in [5.41, 5.74) is 5.87. The van der Waals surface area contributed by atoms with Gasteiger partial charge in [-0.2, -0.15) is 24.4 Å². The number of thioether (sulfide) groups is 1. The fourth-order valence-electron chi connectivity index (χ4n) is 1.74. The highest BCUT2D eigenvalue weighted by Crippen LogP contribution is 2.07. The number of hydrogen-bond donors (Lipinski definition) is 5. The summed E-state index contributed by atoms with van der Waals surface area (Å²) in [6, 6.07) is -2.61. The highest BCUT2D eigenvalue weighted by Gasteiger charge is 2.28. The molecule has 0 rings (SSSR count). The van der Waals surface area contributed by atoms with E-state index in [1.807, 2.05) is 20.1 Å². The van der Waals surface area contributed by atoms with E-state index in [1.165, 1.54) is 11.8 Å². The molecule has 0 radical (unpaired) electrons. The Morgan fingerprint density at radius 1 is 1.22 bits per heavy atom. The van der Waals surface area contributed by atoms with Gasteiger partial charge in [0.2, 0.25) is 11.8 Å². The average molecular weight is 366 g/mol. The van der Waals surface area contributed by atoms with Crippen molar-refractivity contribution in [3.05, 3.63) is 0 Å². The van der Waals surface area contributed by atoms with E-state index < -0.39 is 35.9 Å². The van der Waals surface area contributed by atoms with Crippen LogP contribution in [0, 0.1) is 5.92 Å². The lowest BCUT2D eigenvalue weighted by molar-refractivity contribution is -0.141. The Hall–Kier alpha value is -0.930. The maximum absolute atomic E-state index is 12.2. The van der Waals surface area contributed by atoms with Crippen LogP contribution in [-0.2, 0) is 14.4 Å². The van der Waals surface area contributed by atoms with E-state index in [0.717, 1.165) is 6.42 Å². The van der Waals surface area contributed by atoms with E-state index in [0.29, 0.717) is 12.2 Å². The third-order valence-electron chi connectivity index (χ3n) is 3.60. The zero-order valence-electron chi connectivity index (χ0n) is 13.7. The molecule has 0 aliphatic carbocycles. The average Bonchev–Trinajstić information content (AvgIpc) is 2.53. The molecule has 0 bridgehead atoms. The number of amides is 2. The number of nitrogens with one attached hydrogen (secondary N) is 2. The molecule has 0 saturated carbocycles. The highest BCUT2D eigenvalue weighted by molar-refractivity contribution is 7.98. The Morgan fingerprint density at radius 3 is 2.22 bits per heavy atom. The first kappa shape index (κ1) is 22.1. The molecule has 0 aromatic carbocycles. The zero-order valence-corrected chi connectivity index (χ0v) is 15.5. The van der Waals surface area contributed by atoms with Gasteiger partial charge in [0, 0.05) is 5.75 Å². The second-order valence-corrected chi connectivity index (χ2v) is 6.69. The van der Waals surface area contributed by atoms with Crippen LogP contribution in [0.2, 0.25) is 0 Å². The molecule has 4 unspecified atom stereocenters. The second-order valence-electron chi connectivity index (χ2n) is 5.34. The van der Waals surface area contributed by atoms with Crippen LogP contribution >= 0.6 is 24.4 Å². The number of nitrogens with two attached hydrogens (primary N) is 1. The molecule has 134 valence electrons. The number of carbonyl (C=O) groups is 3. The molecular formula is C14H27N3O4S2. The molecule has 2 amide bonds. The van der Waals surface area contributed by atoms with Crippen LogP contribution in [0.3, 0.4) is 0 Å². The Kier molecular flexibility index (Phi) is 11.1. The summed E-state index contributed by atoms with van der Waals surface area (Å²) in [7, 11) is 0. The number of carbonyl (C=O) groups excluding carboxylic acids is 2. The topological polar surface area (TPSA) is 122 Å². The van der Waals surface area contributed by atoms with Crippen molar-refractivity contribution >= 4 is 42.2 Å². The molecule has 7 nitrogen and oxygen atoms in total. The molecule has 0 heterocycles. The van der Waals surface area contributed by atoms with Gasteiger partial charge >= 0.3 is 5.97 Å². The lowest BCUT2D eigenvalue weighted by Gasteiger charge is -2.24. The van der Waals surface area contributed by atoms with Gasteiger partial charge in [0.25, 0.3) is 0 Å². The molecule has 0 aliphatic rings. The van der Waals surface area contributed by atoms with Gasteiger partial charge in [0.05, 0.1) is 6.04 Å².